The van der Waals surface area contributed by atoms with Crippen molar-refractivity contribution < 1.29 is 0 Å². The molecule has 0 bridgehead atoms. The van der Waals surface area contributed by atoms with E-state index in [1.165, 1.54) is 4.88 Å². The van der Waals surface area contributed by atoms with Crippen LogP contribution < -0.4 is 0 Å². The Morgan fingerprint density at radius 2 is 2.05 bits per heavy atom. The van der Waals surface area contributed by atoms with Crippen LogP contribution >= 0.6 is 11.3 Å². The smallest absolute Gasteiger partial charge is 0.131 e. The molecule has 0 saturated heterocycles. The second-order valence-corrected chi connectivity index (χ2v) is 6.15. The Kier molecular flexibility index (Phi) is 4.66. The first-order valence-corrected chi connectivity index (χ1v) is 7.51. The molecule has 0 saturated carbocycles. The molecule has 0 spiro atoms. The summed E-state index contributed by atoms with van der Waals surface area (Å²) in [7, 11) is 2.14. The van der Waals surface area contributed by atoms with E-state index in [0.717, 1.165) is 18.1 Å². The molecule has 3 nitrogen and oxygen atoms in total. The number of nitrogens with zero attached hydrogens (tertiary/aromatic N) is 3. The minimum atomic E-state index is 0.375. The molecule has 0 aromatic carbocycles. The molecule has 0 aliphatic rings. The van der Waals surface area contributed by atoms with Gasteiger partial charge in [0.15, 0.2) is 0 Å². The average Bonchev–Trinajstić information content (AvgIpc) is 2.92. The van der Waals surface area contributed by atoms with Crippen LogP contribution in [-0.4, -0.2) is 21.9 Å². The quantitative estimate of drug-likeness (QED) is 0.830. The summed E-state index contributed by atoms with van der Waals surface area (Å²) >= 11 is 1.80. The van der Waals surface area contributed by atoms with Gasteiger partial charge in [-0.1, -0.05) is 19.9 Å². The van der Waals surface area contributed by atoms with Gasteiger partial charge < -0.3 is 0 Å². The van der Waals surface area contributed by atoms with Crippen molar-refractivity contribution in [1.29, 1.82) is 0 Å². The molecule has 0 aliphatic heterocycles. The topological polar surface area (TPSA) is 29.0 Å². The van der Waals surface area contributed by atoms with E-state index in [9.17, 15) is 0 Å². The molecule has 0 fully saturated rings. The van der Waals surface area contributed by atoms with Crippen molar-refractivity contribution in [2.24, 2.45) is 0 Å². The van der Waals surface area contributed by atoms with Crippen molar-refractivity contribution in [2.45, 2.75) is 39.3 Å². The van der Waals surface area contributed by atoms with E-state index in [1.807, 2.05) is 12.3 Å². The summed E-state index contributed by atoms with van der Waals surface area (Å²) in [6, 6.07) is 6.71. The third-order valence-corrected chi connectivity index (χ3v) is 4.32. The van der Waals surface area contributed by atoms with Crippen molar-refractivity contribution in [3.05, 3.63) is 46.2 Å². The maximum atomic E-state index is 4.63. The third kappa shape index (κ3) is 3.61. The summed E-state index contributed by atoms with van der Waals surface area (Å²) < 4.78 is 0. The van der Waals surface area contributed by atoms with Gasteiger partial charge in [0.25, 0.3) is 0 Å². The first kappa shape index (κ1) is 14.2. The van der Waals surface area contributed by atoms with Crippen LogP contribution in [0.4, 0.5) is 0 Å². The zero-order valence-corrected chi connectivity index (χ0v) is 12.8. The summed E-state index contributed by atoms with van der Waals surface area (Å²) in [6.45, 7) is 7.33. The Hall–Kier alpha value is -1.26. The predicted molar refractivity (Wildman–Crippen MR) is 80.3 cm³/mol. The molecule has 2 aromatic rings. The fraction of sp³-hybridized carbons (Fsp3) is 0.467. The minimum Gasteiger partial charge on any atom is -0.293 e. The Labute approximate surface area is 119 Å². The standard InChI is InChI=1S/C15H21N3S/c1-11(2)15-16-8-7-13(17-15)10-18(4)12(3)14-6-5-9-19-14/h5-9,11-12H,10H2,1-4H3/t12-/m1/s1. The first-order valence-electron chi connectivity index (χ1n) is 6.63. The molecular formula is C15H21N3S. The lowest BCUT2D eigenvalue weighted by molar-refractivity contribution is 0.253. The molecule has 2 rings (SSSR count). The van der Waals surface area contributed by atoms with E-state index in [-0.39, 0.29) is 0 Å². The first-order chi connectivity index (χ1) is 9.08. The lowest BCUT2D eigenvalue weighted by atomic mass is 10.2. The predicted octanol–water partition coefficient (Wildman–Crippen LogP) is 3.85. The number of thiophene rings is 1. The molecule has 19 heavy (non-hydrogen) atoms. The molecule has 4 heteroatoms. The highest BCUT2D eigenvalue weighted by Crippen LogP contribution is 2.24. The lowest BCUT2D eigenvalue weighted by Gasteiger charge is -2.23. The van der Waals surface area contributed by atoms with Gasteiger partial charge in [-0.3, -0.25) is 4.90 Å². The van der Waals surface area contributed by atoms with Gasteiger partial charge in [0.1, 0.15) is 5.82 Å². The van der Waals surface area contributed by atoms with Crippen LogP contribution in [0.25, 0.3) is 0 Å². The van der Waals surface area contributed by atoms with Gasteiger partial charge >= 0.3 is 0 Å². The Balaban J connectivity index is 2.06. The molecule has 0 amide bonds. The van der Waals surface area contributed by atoms with E-state index in [0.29, 0.717) is 12.0 Å². The summed E-state index contributed by atoms with van der Waals surface area (Å²) in [5, 5.41) is 2.13. The van der Waals surface area contributed by atoms with Crippen molar-refractivity contribution in [3.8, 4) is 0 Å². The van der Waals surface area contributed by atoms with Gasteiger partial charge in [0.2, 0.25) is 0 Å². The van der Waals surface area contributed by atoms with Crippen molar-refractivity contribution in [2.75, 3.05) is 7.05 Å². The third-order valence-electron chi connectivity index (χ3n) is 3.28. The lowest BCUT2D eigenvalue weighted by Crippen LogP contribution is -2.22. The molecule has 1 atom stereocenters. The maximum Gasteiger partial charge on any atom is 0.131 e. The molecule has 0 unspecified atom stereocenters. The summed E-state index contributed by atoms with van der Waals surface area (Å²) in [5.74, 6) is 1.30. The largest absolute Gasteiger partial charge is 0.293 e. The molecular weight excluding hydrogens is 254 g/mol. The monoisotopic (exact) mass is 275 g/mol. The van der Waals surface area contributed by atoms with Crippen LogP contribution in [0.3, 0.4) is 0 Å². The van der Waals surface area contributed by atoms with Crippen LogP contribution in [0, 0.1) is 0 Å². The second kappa shape index (κ2) is 6.26. The van der Waals surface area contributed by atoms with Crippen molar-refractivity contribution >= 4 is 11.3 Å². The second-order valence-electron chi connectivity index (χ2n) is 5.17. The molecule has 2 aromatic heterocycles. The zero-order chi connectivity index (χ0) is 13.8. The zero-order valence-electron chi connectivity index (χ0n) is 12.0. The molecule has 0 aliphatic carbocycles. The highest BCUT2D eigenvalue weighted by molar-refractivity contribution is 7.10. The maximum absolute atomic E-state index is 4.63. The van der Waals surface area contributed by atoms with Gasteiger partial charge in [-0.25, -0.2) is 9.97 Å². The highest BCUT2D eigenvalue weighted by atomic mass is 32.1. The molecule has 0 radical (unpaired) electrons. The number of aromatic nitrogens is 2. The van der Waals surface area contributed by atoms with E-state index in [1.54, 1.807) is 11.3 Å². The fourth-order valence-electron chi connectivity index (χ4n) is 1.92. The van der Waals surface area contributed by atoms with E-state index in [2.05, 4.69) is 60.2 Å². The van der Waals surface area contributed by atoms with Crippen LogP contribution in [0.1, 0.15) is 49.1 Å². The van der Waals surface area contributed by atoms with Crippen LogP contribution in [0.5, 0.6) is 0 Å². The summed E-state index contributed by atoms with van der Waals surface area (Å²) in [6.07, 6.45) is 1.86. The van der Waals surface area contributed by atoms with E-state index in [4.69, 9.17) is 0 Å². The van der Waals surface area contributed by atoms with Gasteiger partial charge in [-0.2, -0.15) is 0 Å². The number of rotatable bonds is 5. The van der Waals surface area contributed by atoms with Crippen LogP contribution in [0.2, 0.25) is 0 Å². The van der Waals surface area contributed by atoms with Gasteiger partial charge in [-0.15, -0.1) is 11.3 Å². The normalized spacial score (nSPS) is 13.2. The van der Waals surface area contributed by atoms with Crippen molar-refractivity contribution in [1.82, 2.24) is 14.9 Å². The van der Waals surface area contributed by atoms with Gasteiger partial charge in [0.05, 0.1) is 5.69 Å². The minimum absolute atomic E-state index is 0.375. The van der Waals surface area contributed by atoms with Crippen LogP contribution in [0.15, 0.2) is 29.8 Å². The van der Waals surface area contributed by atoms with Crippen LogP contribution in [-0.2, 0) is 6.54 Å². The number of hydrogen-bond acceptors (Lipinski definition) is 4. The molecule has 0 N–H and O–H groups in total. The Morgan fingerprint density at radius 1 is 1.26 bits per heavy atom. The van der Waals surface area contributed by atoms with Gasteiger partial charge in [-0.05, 0) is 31.5 Å². The Bertz CT molecular complexity index is 508. The summed E-state index contributed by atoms with van der Waals surface area (Å²) in [4.78, 5) is 12.6. The number of hydrogen-bond donors (Lipinski definition) is 0. The van der Waals surface area contributed by atoms with E-state index >= 15 is 0 Å². The van der Waals surface area contributed by atoms with Gasteiger partial charge in [0, 0.05) is 29.6 Å². The highest BCUT2D eigenvalue weighted by Gasteiger charge is 2.14. The van der Waals surface area contributed by atoms with Crippen molar-refractivity contribution in [3.63, 3.8) is 0 Å². The van der Waals surface area contributed by atoms with E-state index < -0.39 is 0 Å². The fourth-order valence-corrected chi connectivity index (χ4v) is 2.77. The molecule has 102 valence electrons. The Morgan fingerprint density at radius 3 is 2.68 bits per heavy atom. The average molecular weight is 275 g/mol. The molecule has 2 heterocycles. The summed E-state index contributed by atoms with van der Waals surface area (Å²) in [5.41, 5.74) is 1.09. The SMILES string of the molecule is CC(C)c1nccc(CN(C)[C@H](C)c2cccs2)n1.